The van der Waals surface area contributed by atoms with Crippen molar-refractivity contribution in [3.8, 4) is 5.88 Å². The van der Waals surface area contributed by atoms with E-state index in [-0.39, 0.29) is 23.6 Å². The summed E-state index contributed by atoms with van der Waals surface area (Å²) in [5, 5.41) is 5.53. The smallest absolute Gasteiger partial charge is 0.259 e. The molecule has 1 aliphatic rings. The van der Waals surface area contributed by atoms with E-state index in [1.807, 2.05) is 18.2 Å². The van der Waals surface area contributed by atoms with Crippen LogP contribution in [0.2, 0.25) is 0 Å². The van der Waals surface area contributed by atoms with Crippen LogP contribution in [0.5, 0.6) is 5.88 Å². The number of hydrogen-bond donors (Lipinski definition) is 2. The summed E-state index contributed by atoms with van der Waals surface area (Å²) in [6.45, 7) is 0.276. The number of aromatic nitrogens is 1. The Hall–Kier alpha value is -4.26. The van der Waals surface area contributed by atoms with Crippen LogP contribution in [-0.4, -0.2) is 29.7 Å². The van der Waals surface area contributed by atoms with Gasteiger partial charge in [-0.3, -0.25) is 14.4 Å². The van der Waals surface area contributed by atoms with Gasteiger partial charge in [-0.25, -0.2) is 4.98 Å². The number of fused-ring (bicyclic) bond motifs is 1. The minimum absolute atomic E-state index is 0.0279. The topological polar surface area (TPSA) is 97.4 Å². The van der Waals surface area contributed by atoms with Crippen LogP contribution < -0.4 is 15.4 Å². The number of nitrogens with one attached hydrogen (secondary N) is 2. The van der Waals surface area contributed by atoms with E-state index in [1.54, 1.807) is 48.7 Å². The van der Waals surface area contributed by atoms with Gasteiger partial charge in [0.2, 0.25) is 11.7 Å². The minimum Gasteiger partial charge on any atom is -0.481 e. The third kappa shape index (κ3) is 4.35. The molecule has 0 saturated heterocycles. The van der Waals surface area contributed by atoms with Crippen molar-refractivity contribution in [2.45, 2.75) is 6.54 Å². The van der Waals surface area contributed by atoms with Crippen molar-refractivity contribution >= 4 is 29.4 Å². The zero-order valence-corrected chi connectivity index (χ0v) is 16.7. The predicted molar refractivity (Wildman–Crippen MR) is 116 cm³/mol. The highest BCUT2D eigenvalue weighted by Crippen LogP contribution is 2.27. The number of anilines is 1. The molecule has 2 N–H and O–H groups in total. The van der Waals surface area contributed by atoms with Gasteiger partial charge in [-0.1, -0.05) is 30.3 Å². The number of carbonyl (C=O) groups excluding carboxylic acids is 3. The Kier molecular flexibility index (Phi) is 5.57. The number of carbonyl (C=O) groups is 3. The van der Waals surface area contributed by atoms with Gasteiger partial charge in [-0.05, 0) is 41.5 Å². The average molecular weight is 413 g/mol. The third-order valence-corrected chi connectivity index (χ3v) is 4.84. The lowest BCUT2D eigenvalue weighted by Gasteiger charge is -2.19. The molecule has 0 fully saturated rings. The molecule has 4 rings (SSSR count). The SMILES string of the molecule is COc1cc(CNC(=O)c2ccc3c(c2)C(=O)C(=Cc2ccccc2)C(=O)N3)ccn1. The molecule has 0 spiro atoms. The number of pyridine rings is 1. The summed E-state index contributed by atoms with van der Waals surface area (Å²) < 4.78 is 5.08. The second-order valence-corrected chi connectivity index (χ2v) is 6.90. The summed E-state index contributed by atoms with van der Waals surface area (Å²) in [4.78, 5) is 42.0. The van der Waals surface area contributed by atoms with Crippen molar-refractivity contribution in [3.63, 3.8) is 0 Å². The number of rotatable bonds is 5. The lowest BCUT2D eigenvalue weighted by atomic mass is 9.93. The summed E-state index contributed by atoms with van der Waals surface area (Å²) in [7, 11) is 1.52. The Morgan fingerprint density at radius 1 is 1.10 bits per heavy atom. The van der Waals surface area contributed by atoms with Gasteiger partial charge in [-0.15, -0.1) is 0 Å². The number of ether oxygens (including phenoxy) is 1. The van der Waals surface area contributed by atoms with Crippen LogP contribution >= 0.6 is 0 Å². The zero-order valence-electron chi connectivity index (χ0n) is 16.7. The molecule has 0 radical (unpaired) electrons. The number of ketones is 1. The second kappa shape index (κ2) is 8.62. The largest absolute Gasteiger partial charge is 0.481 e. The summed E-state index contributed by atoms with van der Waals surface area (Å²) in [5.41, 5.74) is 2.58. The maximum atomic E-state index is 13.0. The highest BCUT2D eigenvalue weighted by Gasteiger charge is 2.29. The molecule has 7 nitrogen and oxygen atoms in total. The van der Waals surface area contributed by atoms with Gasteiger partial charge < -0.3 is 15.4 Å². The summed E-state index contributed by atoms with van der Waals surface area (Å²) in [6, 6.07) is 17.3. The molecule has 3 aromatic rings. The number of nitrogens with zero attached hydrogens (tertiary/aromatic N) is 1. The fourth-order valence-corrected chi connectivity index (χ4v) is 3.22. The van der Waals surface area contributed by atoms with E-state index in [2.05, 4.69) is 15.6 Å². The van der Waals surface area contributed by atoms with Gasteiger partial charge in [0, 0.05) is 29.9 Å². The molecule has 0 saturated carbocycles. The van der Waals surface area contributed by atoms with Gasteiger partial charge in [-0.2, -0.15) is 0 Å². The first-order valence-corrected chi connectivity index (χ1v) is 9.59. The van der Waals surface area contributed by atoms with Gasteiger partial charge in [0.05, 0.1) is 18.4 Å². The summed E-state index contributed by atoms with van der Waals surface area (Å²) >= 11 is 0. The van der Waals surface area contributed by atoms with E-state index in [4.69, 9.17) is 4.74 Å². The normalized spacial score (nSPS) is 14.0. The predicted octanol–water partition coefficient (Wildman–Crippen LogP) is 3.24. The van der Waals surface area contributed by atoms with Gasteiger partial charge in [0.25, 0.3) is 11.8 Å². The maximum Gasteiger partial charge on any atom is 0.259 e. The van der Waals surface area contributed by atoms with Gasteiger partial charge >= 0.3 is 0 Å². The average Bonchev–Trinajstić information content (AvgIpc) is 2.81. The van der Waals surface area contributed by atoms with E-state index < -0.39 is 11.7 Å². The molecule has 0 unspecified atom stereocenters. The molecule has 2 heterocycles. The third-order valence-electron chi connectivity index (χ3n) is 4.84. The zero-order chi connectivity index (χ0) is 21.8. The summed E-state index contributed by atoms with van der Waals surface area (Å²) in [6.07, 6.45) is 3.14. The van der Waals surface area contributed by atoms with Gasteiger partial charge in [0.1, 0.15) is 0 Å². The van der Waals surface area contributed by atoms with Crippen LogP contribution in [0.15, 0.2) is 72.4 Å². The van der Waals surface area contributed by atoms with Crippen LogP contribution in [0.4, 0.5) is 5.69 Å². The molecule has 0 atom stereocenters. The number of amides is 2. The van der Waals surface area contributed by atoms with Crippen molar-refractivity contribution < 1.29 is 19.1 Å². The van der Waals surface area contributed by atoms with Crippen LogP contribution in [0.3, 0.4) is 0 Å². The molecule has 2 aromatic carbocycles. The van der Waals surface area contributed by atoms with Crippen LogP contribution in [0.1, 0.15) is 31.8 Å². The first kappa shape index (κ1) is 20.0. The van der Waals surface area contributed by atoms with E-state index in [0.717, 1.165) is 11.1 Å². The first-order chi connectivity index (χ1) is 15.0. The summed E-state index contributed by atoms with van der Waals surface area (Å²) in [5.74, 6) is -0.766. The number of Topliss-reactive ketones (excluding diaryl/α,β-unsaturated/α-hetero) is 1. The van der Waals surface area contributed by atoms with Crippen molar-refractivity contribution in [2.75, 3.05) is 12.4 Å². The Bertz CT molecular complexity index is 1200. The lowest BCUT2D eigenvalue weighted by Crippen LogP contribution is -2.28. The number of methoxy groups -OCH3 is 1. The standard InChI is InChI=1S/C24H19N3O4/c1-31-21-12-16(9-10-25-21)14-26-23(29)17-7-8-20-18(13-17)22(28)19(24(30)27-20)11-15-5-3-2-4-6-15/h2-13H,14H2,1H3,(H,26,29)(H,27,30). The Morgan fingerprint density at radius 3 is 2.68 bits per heavy atom. The highest BCUT2D eigenvalue weighted by molar-refractivity contribution is 6.36. The van der Waals surface area contributed by atoms with Crippen molar-refractivity contribution in [1.82, 2.24) is 10.3 Å². The van der Waals surface area contributed by atoms with Crippen LogP contribution in [-0.2, 0) is 11.3 Å². The molecule has 154 valence electrons. The Morgan fingerprint density at radius 2 is 1.90 bits per heavy atom. The quantitative estimate of drug-likeness (QED) is 0.494. The van der Waals surface area contributed by atoms with Crippen molar-refractivity contribution in [3.05, 3.63) is 94.7 Å². The molecule has 31 heavy (non-hydrogen) atoms. The molecular formula is C24H19N3O4. The molecular weight excluding hydrogens is 394 g/mol. The van der Waals surface area contributed by atoms with Crippen molar-refractivity contribution in [1.29, 1.82) is 0 Å². The number of benzene rings is 2. The van der Waals surface area contributed by atoms with E-state index in [1.165, 1.54) is 13.2 Å². The molecule has 0 bridgehead atoms. The van der Waals surface area contributed by atoms with Crippen molar-refractivity contribution in [2.24, 2.45) is 0 Å². The van der Waals surface area contributed by atoms with E-state index in [9.17, 15) is 14.4 Å². The molecule has 1 aromatic heterocycles. The monoisotopic (exact) mass is 413 g/mol. The molecule has 7 heteroatoms. The van der Waals surface area contributed by atoms with E-state index >= 15 is 0 Å². The molecule has 0 aliphatic carbocycles. The fourth-order valence-electron chi connectivity index (χ4n) is 3.22. The van der Waals surface area contributed by atoms with Gasteiger partial charge in [0.15, 0.2) is 0 Å². The van der Waals surface area contributed by atoms with Crippen LogP contribution in [0.25, 0.3) is 6.08 Å². The Labute approximate surface area is 178 Å². The number of hydrogen-bond acceptors (Lipinski definition) is 5. The Balaban J connectivity index is 1.55. The maximum absolute atomic E-state index is 13.0. The fraction of sp³-hybridized carbons (Fsp3) is 0.0833. The minimum atomic E-state index is -0.467. The lowest BCUT2D eigenvalue weighted by molar-refractivity contribution is -0.112. The second-order valence-electron chi connectivity index (χ2n) is 6.90. The molecule has 2 amide bonds. The van der Waals surface area contributed by atoms with Crippen LogP contribution in [0, 0.1) is 0 Å². The highest BCUT2D eigenvalue weighted by atomic mass is 16.5. The first-order valence-electron chi connectivity index (χ1n) is 9.59. The van der Waals surface area contributed by atoms with E-state index in [0.29, 0.717) is 17.1 Å². The molecule has 1 aliphatic heterocycles.